The Bertz CT molecular complexity index is 811. The van der Waals surface area contributed by atoms with E-state index in [-0.39, 0.29) is 18.7 Å². The van der Waals surface area contributed by atoms with E-state index in [1.165, 1.54) is 12.1 Å². The minimum atomic E-state index is -3.70. The summed E-state index contributed by atoms with van der Waals surface area (Å²) in [6.45, 7) is 11.4. The van der Waals surface area contributed by atoms with Gasteiger partial charge in [0.25, 0.3) is 0 Å². The Morgan fingerprint density at radius 1 is 1.28 bits per heavy atom. The number of hydrogen-bond donors (Lipinski definition) is 1. The predicted octanol–water partition coefficient (Wildman–Crippen LogP) is 4.67. The molecule has 182 valence electrons. The molecule has 6 nitrogen and oxygen atoms in total. The lowest BCUT2D eigenvalue weighted by molar-refractivity contribution is -0.171. The lowest BCUT2D eigenvalue weighted by atomic mass is 9.96. The summed E-state index contributed by atoms with van der Waals surface area (Å²) in [4.78, 5) is 13.5. The van der Waals surface area contributed by atoms with Crippen LogP contribution < -0.4 is 4.72 Å². The van der Waals surface area contributed by atoms with E-state index >= 15 is 13.2 Å². The van der Waals surface area contributed by atoms with E-state index in [1.54, 1.807) is 48.5 Å². The van der Waals surface area contributed by atoms with E-state index in [4.69, 9.17) is 9.47 Å². The van der Waals surface area contributed by atoms with Gasteiger partial charge in [0.05, 0.1) is 24.8 Å². The highest BCUT2D eigenvalue weighted by atomic mass is 32.2. The van der Waals surface area contributed by atoms with E-state index in [1.807, 2.05) is 0 Å². The molecule has 1 N–H and O–H groups in total. The monoisotopic (exact) mass is 478 g/mol. The second-order valence-electron chi connectivity index (χ2n) is 9.84. The van der Waals surface area contributed by atoms with Crippen molar-refractivity contribution in [1.29, 1.82) is 0 Å². The molecule has 0 saturated carbocycles. The maximum absolute atomic E-state index is 15.3. The van der Waals surface area contributed by atoms with Gasteiger partial charge in [-0.05, 0) is 54.5 Å². The van der Waals surface area contributed by atoms with Crippen molar-refractivity contribution in [3.63, 3.8) is 0 Å². The molecule has 1 aliphatic heterocycles. The molecule has 2 rings (SSSR count). The van der Waals surface area contributed by atoms with E-state index in [0.717, 1.165) is 11.0 Å². The molecule has 32 heavy (non-hydrogen) atoms. The Kier molecular flexibility index (Phi) is 8.18. The molecule has 1 aromatic rings. The summed E-state index contributed by atoms with van der Waals surface area (Å²) in [5.41, 5.74) is -1.63. The van der Waals surface area contributed by atoms with Crippen LogP contribution in [0.3, 0.4) is 0 Å². The zero-order valence-electron chi connectivity index (χ0n) is 19.6. The maximum atomic E-state index is 15.3. The van der Waals surface area contributed by atoms with Gasteiger partial charge in [-0.3, -0.25) is 0 Å². The van der Waals surface area contributed by atoms with Gasteiger partial charge in [0.2, 0.25) is 0 Å². The summed E-state index contributed by atoms with van der Waals surface area (Å²) >= 11 is -1.51. The van der Waals surface area contributed by atoms with Gasteiger partial charge in [-0.15, -0.1) is 4.72 Å². The van der Waals surface area contributed by atoms with Crippen LogP contribution >= 0.6 is 0 Å². The van der Waals surface area contributed by atoms with Crippen LogP contribution in [0.1, 0.15) is 65.6 Å². The first-order valence-electron chi connectivity index (χ1n) is 10.5. The van der Waals surface area contributed by atoms with Crippen LogP contribution in [-0.4, -0.2) is 51.7 Å². The molecule has 0 bridgehead atoms. The van der Waals surface area contributed by atoms with Gasteiger partial charge in [-0.2, -0.15) is 8.78 Å². The SMILES string of the molecule is CC(N[S+]([O-])C(C)(C)C)c1cccc(C(F)(F)C2CN(C(=O)OC(C)(C)C)CCO2)c1F. The molecule has 3 unspecified atom stereocenters. The third-order valence-electron chi connectivity index (χ3n) is 4.82. The third kappa shape index (κ3) is 6.52. The highest BCUT2D eigenvalue weighted by Crippen LogP contribution is 2.38. The van der Waals surface area contributed by atoms with Gasteiger partial charge in [-0.1, -0.05) is 12.1 Å². The normalized spacial score (nSPS) is 20.1. The van der Waals surface area contributed by atoms with Crippen LogP contribution in [0.25, 0.3) is 0 Å². The van der Waals surface area contributed by atoms with Crippen molar-refractivity contribution in [2.24, 2.45) is 0 Å². The van der Waals surface area contributed by atoms with Gasteiger partial charge in [0.1, 0.15) is 22.3 Å². The molecule has 0 aliphatic carbocycles. The Labute approximate surface area is 191 Å². The number of ether oxygens (including phenoxy) is 2. The fourth-order valence-electron chi connectivity index (χ4n) is 3.08. The first-order chi connectivity index (χ1) is 14.5. The van der Waals surface area contributed by atoms with Crippen LogP contribution in [0.2, 0.25) is 0 Å². The number of halogens is 3. The molecule has 1 amide bonds. The quantitative estimate of drug-likeness (QED) is 0.623. The van der Waals surface area contributed by atoms with Crippen LogP contribution in [0, 0.1) is 5.82 Å². The number of amides is 1. The summed E-state index contributed by atoms with van der Waals surface area (Å²) in [7, 11) is 0. The highest BCUT2D eigenvalue weighted by Gasteiger charge is 2.48. The summed E-state index contributed by atoms with van der Waals surface area (Å²) in [5, 5.41) is 0. The average molecular weight is 479 g/mol. The Hall–Kier alpha value is -1.49. The first-order valence-corrected chi connectivity index (χ1v) is 11.6. The lowest BCUT2D eigenvalue weighted by Gasteiger charge is -2.37. The lowest BCUT2D eigenvalue weighted by Crippen LogP contribution is -2.52. The smallest absolute Gasteiger partial charge is 0.410 e. The van der Waals surface area contributed by atoms with Crippen LogP contribution in [0.5, 0.6) is 0 Å². The summed E-state index contributed by atoms with van der Waals surface area (Å²) in [6.07, 6.45) is -2.46. The largest absolute Gasteiger partial charge is 0.598 e. The number of carbonyl (C=O) groups excluding carboxylic acids is 1. The van der Waals surface area contributed by atoms with Crippen molar-refractivity contribution in [2.45, 2.75) is 76.9 Å². The number of morpholine rings is 1. The number of nitrogens with zero attached hydrogens (tertiary/aromatic N) is 1. The molecular weight excluding hydrogens is 445 g/mol. The molecule has 1 fully saturated rings. The van der Waals surface area contributed by atoms with Crippen molar-refractivity contribution in [3.8, 4) is 0 Å². The molecule has 0 radical (unpaired) electrons. The zero-order chi connectivity index (χ0) is 24.5. The van der Waals surface area contributed by atoms with Gasteiger partial charge in [-0.25, -0.2) is 9.18 Å². The standard InChI is InChI=1S/C22H33F3N2O4S/c1-14(26-32(29)21(5,6)7)15-9-8-10-16(18(15)23)22(24,25)17-13-27(11-12-30-17)19(28)31-20(2,3)4/h8-10,14,17,26H,11-13H2,1-7H3. The van der Waals surface area contributed by atoms with E-state index < -0.39 is 63.8 Å². The molecule has 3 atom stereocenters. The Morgan fingerprint density at radius 3 is 2.47 bits per heavy atom. The van der Waals surface area contributed by atoms with Crippen LogP contribution in [0.15, 0.2) is 18.2 Å². The summed E-state index contributed by atoms with van der Waals surface area (Å²) in [6, 6.07) is 2.94. The zero-order valence-corrected chi connectivity index (χ0v) is 20.4. The minimum absolute atomic E-state index is 0.0282. The number of alkyl halides is 2. The fourth-order valence-corrected chi connectivity index (χ4v) is 3.88. The molecule has 1 aromatic carbocycles. The van der Waals surface area contributed by atoms with Gasteiger partial charge >= 0.3 is 12.0 Å². The number of carbonyl (C=O) groups is 1. The molecule has 1 aliphatic rings. The Morgan fingerprint density at radius 2 is 1.91 bits per heavy atom. The van der Waals surface area contributed by atoms with E-state index in [2.05, 4.69) is 4.72 Å². The average Bonchev–Trinajstić information content (AvgIpc) is 2.65. The van der Waals surface area contributed by atoms with E-state index in [0.29, 0.717) is 0 Å². The number of hydrogen-bond acceptors (Lipinski definition) is 5. The molecule has 1 saturated heterocycles. The first kappa shape index (κ1) is 26.8. The van der Waals surface area contributed by atoms with Crippen molar-refractivity contribution < 1.29 is 32.0 Å². The summed E-state index contributed by atoms with van der Waals surface area (Å²) < 4.78 is 70.9. The Balaban J connectivity index is 2.24. The van der Waals surface area contributed by atoms with E-state index in [9.17, 15) is 9.35 Å². The number of benzene rings is 1. The van der Waals surface area contributed by atoms with Crippen molar-refractivity contribution in [3.05, 3.63) is 35.1 Å². The molecule has 0 spiro atoms. The molecule has 1 heterocycles. The number of rotatable bonds is 5. The second kappa shape index (κ2) is 9.79. The van der Waals surface area contributed by atoms with Crippen molar-refractivity contribution in [2.75, 3.05) is 19.7 Å². The predicted molar refractivity (Wildman–Crippen MR) is 117 cm³/mol. The fraction of sp³-hybridized carbons (Fsp3) is 0.682. The highest BCUT2D eigenvalue weighted by molar-refractivity contribution is 7.90. The maximum Gasteiger partial charge on any atom is 0.410 e. The van der Waals surface area contributed by atoms with Crippen molar-refractivity contribution >= 4 is 17.5 Å². The molecular formula is C22H33F3N2O4S. The number of nitrogens with one attached hydrogen (secondary N) is 1. The van der Waals surface area contributed by atoms with Crippen LogP contribution in [-0.2, 0) is 26.8 Å². The van der Waals surface area contributed by atoms with Gasteiger partial charge < -0.3 is 18.9 Å². The minimum Gasteiger partial charge on any atom is -0.598 e. The van der Waals surface area contributed by atoms with Crippen molar-refractivity contribution in [1.82, 2.24) is 9.62 Å². The molecule has 10 heteroatoms. The topological polar surface area (TPSA) is 73.9 Å². The van der Waals surface area contributed by atoms with Gasteiger partial charge in [0.15, 0.2) is 0 Å². The molecule has 0 aromatic heterocycles. The van der Waals surface area contributed by atoms with Crippen LogP contribution in [0.4, 0.5) is 18.0 Å². The summed E-state index contributed by atoms with van der Waals surface area (Å²) in [5.74, 6) is -4.80. The second-order valence-corrected chi connectivity index (χ2v) is 11.8. The van der Waals surface area contributed by atoms with Gasteiger partial charge in [0, 0.05) is 23.5 Å². The third-order valence-corrected chi connectivity index (χ3v) is 6.50.